The monoisotopic (exact) mass is 241 g/mol. The summed E-state index contributed by atoms with van der Waals surface area (Å²) < 4.78 is 5.05. The zero-order chi connectivity index (χ0) is 13.1. The molecule has 1 amide bonds. The van der Waals surface area contributed by atoms with Crippen LogP contribution in [0, 0.1) is 18.3 Å². The van der Waals surface area contributed by atoms with Gasteiger partial charge in [0.25, 0.3) is 5.91 Å². The fourth-order valence-electron chi connectivity index (χ4n) is 1.57. The van der Waals surface area contributed by atoms with Crippen molar-refractivity contribution in [3.63, 3.8) is 0 Å². The molecule has 3 N–H and O–H groups in total. The number of nitrogen functional groups attached to an aromatic ring is 1. The predicted octanol–water partition coefficient (Wildman–Crippen LogP) is 2.29. The van der Waals surface area contributed by atoms with Gasteiger partial charge >= 0.3 is 0 Å². The molecular formula is C13H11N3O2. The van der Waals surface area contributed by atoms with Gasteiger partial charge in [0.05, 0.1) is 23.1 Å². The lowest BCUT2D eigenvalue weighted by Crippen LogP contribution is -2.13. The number of hydrogen-bond donors (Lipinski definition) is 2. The number of nitrogens with zero attached hydrogens (tertiary/aromatic N) is 1. The van der Waals surface area contributed by atoms with Gasteiger partial charge in [-0.2, -0.15) is 5.26 Å². The van der Waals surface area contributed by atoms with Gasteiger partial charge in [-0.1, -0.05) is 0 Å². The highest BCUT2D eigenvalue weighted by molar-refractivity contribution is 6.05. The Hall–Kier alpha value is -2.74. The molecule has 0 saturated carbocycles. The third kappa shape index (κ3) is 2.18. The van der Waals surface area contributed by atoms with Crippen LogP contribution in [0.1, 0.15) is 21.7 Å². The molecule has 0 saturated heterocycles. The van der Waals surface area contributed by atoms with Gasteiger partial charge in [-0.3, -0.25) is 4.79 Å². The van der Waals surface area contributed by atoms with Gasteiger partial charge in [-0.05, 0) is 31.2 Å². The Morgan fingerprint density at radius 3 is 2.83 bits per heavy atom. The second-order valence-corrected chi connectivity index (χ2v) is 3.76. The zero-order valence-electron chi connectivity index (χ0n) is 9.73. The Morgan fingerprint density at radius 2 is 2.22 bits per heavy atom. The SMILES string of the molecule is Cc1occc1C(=O)Nc1ccc(N)cc1C#N. The average Bonchev–Trinajstić information content (AvgIpc) is 2.77. The maximum absolute atomic E-state index is 11.9. The summed E-state index contributed by atoms with van der Waals surface area (Å²) in [5.74, 6) is 0.212. The fourth-order valence-corrected chi connectivity index (χ4v) is 1.57. The van der Waals surface area contributed by atoms with E-state index in [4.69, 9.17) is 15.4 Å². The van der Waals surface area contributed by atoms with Crippen LogP contribution in [0.15, 0.2) is 34.9 Å². The van der Waals surface area contributed by atoms with Gasteiger partial charge in [-0.15, -0.1) is 0 Å². The predicted molar refractivity (Wildman–Crippen MR) is 67.0 cm³/mol. The number of hydrogen-bond acceptors (Lipinski definition) is 4. The van der Waals surface area contributed by atoms with E-state index in [0.29, 0.717) is 28.3 Å². The van der Waals surface area contributed by atoms with Crippen LogP contribution < -0.4 is 11.1 Å². The van der Waals surface area contributed by atoms with E-state index in [2.05, 4.69) is 5.32 Å². The van der Waals surface area contributed by atoms with Crippen LogP contribution in [0.2, 0.25) is 0 Å². The third-order valence-electron chi connectivity index (χ3n) is 2.52. The third-order valence-corrected chi connectivity index (χ3v) is 2.52. The van der Waals surface area contributed by atoms with Gasteiger partial charge < -0.3 is 15.5 Å². The Bertz CT molecular complexity index is 638. The van der Waals surface area contributed by atoms with Crippen LogP contribution in [0.25, 0.3) is 0 Å². The van der Waals surface area contributed by atoms with Gasteiger partial charge in [0.15, 0.2) is 0 Å². The summed E-state index contributed by atoms with van der Waals surface area (Å²) in [5, 5.41) is 11.6. The molecule has 0 fully saturated rings. The molecule has 0 spiro atoms. The standard InChI is InChI=1S/C13H11N3O2/c1-8-11(4-5-18-8)13(17)16-12-3-2-10(15)6-9(12)7-14/h2-6H,15H2,1H3,(H,16,17). The van der Waals surface area contributed by atoms with E-state index in [0.717, 1.165) is 0 Å². The molecule has 0 radical (unpaired) electrons. The van der Waals surface area contributed by atoms with E-state index >= 15 is 0 Å². The minimum absolute atomic E-state index is 0.317. The molecule has 0 unspecified atom stereocenters. The molecule has 18 heavy (non-hydrogen) atoms. The number of nitriles is 1. The molecule has 1 aromatic heterocycles. The first-order valence-corrected chi connectivity index (χ1v) is 5.27. The van der Waals surface area contributed by atoms with Gasteiger partial charge in [0.2, 0.25) is 0 Å². The molecule has 0 atom stereocenters. The number of aryl methyl sites for hydroxylation is 1. The Kier molecular flexibility index (Phi) is 3.02. The number of amides is 1. The maximum atomic E-state index is 11.9. The van der Waals surface area contributed by atoms with E-state index in [1.54, 1.807) is 25.1 Å². The summed E-state index contributed by atoms with van der Waals surface area (Å²) in [5.41, 5.74) is 7.24. The van der Waals surface area contributed by atoms with Crippen LogP contribution in [0.3, 0.4) is 0 Å². The van der Waals surface area contributed by atoms with Crippen LogP contribution in [-0.2, 0) is 0 Å². The molecule has 5 heteroatoms. The molecule has 2 rings (SSSR count). The van der Waals surface area contributed by atoms with E-state index in [1.165, 1.54) is 12.3 Å². The lowest BCUT2D eigenvalue weighted by atomic mass is 10.1. The highest BCUT2D eigenvalue weighted by atomic mass is 16.3. The minimum atomic E-state index is -0.317. The quantitative estimate of drug-likeness (QED) is 0.789. The highest BCUT2D eigenvalue weighted by Crippen LogP contribution is 2.19. The van der Waals surface area contributed by atoms with E-state index in [-0.39, 0.29) is 5.91 Å². The summed E-state index contributed by atoms with van der Waals surface area (Å²) in [6.45, 7) is 1.70. The number of nitrogens with two attached hydrogens (primary N) is 1. The van der Waals surface area contributed by atoms with Crippen LogP contribution in [0.5, 0.6) is 0 Å². The van der Waals surface area contributed by atoms with Crippen molar-refractivity contribution in [3.8, 4) is 6.07 Å². The molecule has 1 aromatic carbocycles. The van der Waals surface area contributed by atoms with Gasteiger partial charge in [-0.25, -0.2) is 0 Å². The van der Waals surface area contributed by atoms with Crippen molar-refractivity contribution in [1.29, 1.82) is 5.26 Å². The molecule has 90 valence electrons. The summed E-state index contributed by atoms with van der Waals surface area (Å²) in [4.78, 5) is 11.9. The van der Waals surface area contributed by atoms with Crippen molar-refractivity contribution >= 4 is 17.3 Å². The van der Waals surface area contributed by atoms with E-state index in [1.807, 2.05) is 6.07 Å². The van der Waals surface area contributed by atoms with Crippen molar-refractivity contribution in [2.24, 2.45) is 0 Å². The lowest BCUT2D eigenvalue weighted by molar-refractivity contribution is 0.102. The molecular weight excluding hydrogens is 230 g/mol. The van der Waals surface area contributed by atoms with Crippen LogP contribution >= 0.6 is 0 Å². The summed E-state index contributed by atoms with van der Waals surface area (Å²) in [6, 6.07) is 8.29. The molecule has 0 bridgehead atoms. The van der Waals surface area contributed by atoms with Crippen molar-refractivity contribution in [3.05, 3.63) is 47.4 Å². The topological polar surface area (TPSA) is 92.1 Å². The summed E-state index contributed by atoms with van der Waals surface area (Å²) in [6.07, 6.45) is 1.44. The smallest absolute Gasteiger partial charge is 0.259 e. The Morgan fingerprint density at radius 1 is 1.44 bits per heavy atom. The first-order chi connectivity index (χ1) is 8.61. The average molecular weight is 241 g/mol. The lowest BCUT2D eigenvalue weighted by Gasteiger charge is -2.06. The number of furan rings is 1. The number of nitrogens with one attached hydrogen (secondary N) is 1. The second kappa shape index (κ2) is 4.63. The zero-order valence-corrected chi connectivity index (χ0v) is 9.73. The number of anilines is 2. The largest absolute Gasteiger partial charge is 0.469 e. The minimum Gasteiger partial charge on any atom is -0.469 e. The van der Waals surface area contributed by atoms with Gasteiger partial charge in [0.1, 0.15) is 11.8 Å². The molecule has 0 aliphatic carbocycles. The Labute approximate surface area is 104 Å². The molecule has 1 heterocycles. The second-order valence-electron chi connectivity index (χ2n) is 3.76. The molecule has 0 aliphatic rings. The van der Waals surface area contributed by atoms with Crippen molar-refractivity contribution in [1.82, 2.24) is 0 Å². The van der Waals surface area contributed by atoms with Crippen molar-refractivity contribution in [2.45, 2.75) is 6.92 Å². The van der Waals surface area contributed by atoms with Crippen molar-refractivity contribution in [2.75, 3.05) is 11.1 Å². The summed E-state index contributed by atoms with van der Waals surface area (Å²) >= 11 is 0. The number of carbonyl (C=O) groups excluding carboxylic acids is 1. The van der Waals surface area contributed by atoms with Gasteiger partial charge in [0, 0.05) is 5.69 Å². The van der Waals surface area contributed by atoms with Crippen molar-refractivity contribution < 1.29 is 9.21 Å². The first-order valence-electron chi connectivity index (χ1n) is 5.27. The number of rotatable bonds is 2. The molecule has 5 nitrogen and oxygen atoms in total. The maximum Gasteiger partial charge on any atom is 0.259 e. The number of carbonyl (C=O) groups is 1. The highest BCUT2D eigenvalue weighted by Gasteiger charge is 2.13. The molecule has 2 aromatic rings. The first kappa shape index (κ1) is 11.7. The Balaban J connectivity index is 2.28. The van der Waals surface area contributed by atoms with Crippen LogP contribution in [0.4, 0.5) is 11.4 Å². The van der Waals surface area contributed by atoms with E-state index in [9.17, 15) is 4.79 Å². The molecule has 0 aliphatic heterocycles. The summed E-state index contributed by atoms with van der Waals surface area (Å²) in [7, 11) is 0. The number of benzene rings is 1. The van der Waals surface area contributed by atoms with E-state index < -0.39 is 0 Å². The van der Waals surface area contributed by atoms with Crippen LogP contribution in [-0.4, -0.2) is 5.91 Å². The normalized spacial score (nSPS) is 9.78. The fraction of sp³-hybridized carbons (Fsp3) is 0.0769.